The largest absolute Gasteiger partial charge is 0.457 e. The van der Waals surface area contributed by atoms with Crippen molar-refractivity contribution in [2.45, 2.75) is 36.7 Å². The Balaban J connectivity index is 1.30. The van der Waals surface area contributed by atoms with Crippen LogP contribution in [0.2, 0.25) is 0 Å². The lowest BCUT2D eigenvalue weighted by Gasteiger charge is -2.42. The van der Waals surface area contributed by atoms with E-state index < -0.39 is 5.60 Å². The summed E-state index contributed by atoms with van der Waals surface area (Å²) in [5.41, 5.74) is 4.11. The fourth-order valence-corrected chi connectivity index (χ4v) is 5.31. The van der Waals surface area contributed by atoms with Crippen molar-refractivity contribution in [1.29, 1.82) is 0 Å². The molecule has 150 valence electrons. The molecule has 2 unspecified atom stereocenters. The number of fused-ring (bicyclic) bond motifs is 3. The van der Waals surface area contributed by atoms with Gasteiger partial charge in [0.05, 0.1) is 17.0 Å². The number of hydrogen-bond acceptors (Lipinski definition) is 5. The Bertz CT molecular complexity index is 979. The highest BCUT2D eigenvalue weighted by Crippen LogP contribution is 2.48. The van der Waals surface area contributed by atoms with E-state index in [4.69, 9.17) is 14.2 Å². The van der Waals surface area contributed by atoms with Gasteiger partial charge < -0.3 is 19.1 Å². The quantitative estimate of drug-likeness (QED) is 0.505. The van der Waals surface area contributed by atoms with Crippen LogP contribution in [0, 0.1) is 0 Å². The van der Waals surface area contributed by atoms with E-state index in [-0.39, 0.29) is 23.5 Å². The van der Waals surface area contributed by atoms with Gasteiger partial charge in [-0.05, 0) is 35.2 Å². The summed E-state index contributed by atoms with van der Waals surface area (Å²) < 4.78 is 16.9. The highest BCUT2D eigenvalue weighted by molar-refractivity contribution is 9.09. The second kappa shape index (κ2) is 7.15. The maximum Gasteiger partial charge on any atom is 0.410 e. The fraction of sp³-hybridized carbons (Fsp3) is 0.364. The minimum Gasteiger partial charge on any atom is -0.457 e. The highest BCUT2D eigenvalue weighted by atomic mass is 79.9. The molecular weight excluding hydrogens is 438 g/mol. The highest BCUT2D eigenvalue weighted by Gasteiger charge is 2.50. The molecule has 0 aliphatic carbocycles. The van der Waals surface area contributed by atoms with Gasteiger partial charge in [0.1, 0.15) is 18.8 Å². The first-order valence-corrected chi connectivity index (χ1v) is 10.6. The number of cyclic esters (lactones) is 1. The Labute approximate surface area is 176 Å². The van der Waals surface area contributed by atoms with Crippen molar-refractivity contribution in [2.75, 3.05) is 13.1 Å². The SMILES string of the molecule is O=C1OCc2cc3c(cc21)COC31CCN(C(=O)OCc2ccccc2)CC1Br. The Morgan fingerprint density at radius 3 is 2.83 bits per heavy atom. The number of rotatable bonds is 2. The molecule has 1 spiro atoms. The van der Waals surface area contributed by atoms with Crippen molar-refractivity contribution in [2.24, 2.45) is 0 Å². The van der Waals surface area contributed by atoms with Crippen LogP contribution in [0.25, 0.3) is 0 Å². The number of halogens is 1. The topological polar surface area (TPSA) is 65.1 Å². The maximum absolute atomic E-state index is 12.5. The molecule has 2 aromatic rings. The van der Waals surface area contributed by atoms with Gasteiger partial charge in [0, 0.05) is 18.7 Å². The Morgan fingerprint density at radius 1 is 1.21 bits per heavy atom. The number of hydrogen-bond donors (Lipinski definition) is 0. The van der Waals surface area contributed by atoms with Crippen LogP contribution < -0.4 is 0 Å². The third-order valence-electron chi connectivity index (χ3n) is 5.95. The van der Waals surface area contributed by atoms with Crippen LogP contribution in [0.4, 0.5) is 4.79 Å². The van der Waals surface area contributed by atoms with E-state index in [0.29, 0.717) is 38.3 Å². The normalized spacial score (nSPS) is 24.9. The number of ether oxygens (including phenoxy) is 3. The van der Waals surface area contributed by atoms with Gasteiger partial charge in [-0.25, -0.2) is 9.59 Å². The van der Waals surface area contributed by atoms with Crippen LogP contribution in [0.3, 0.4) is 0 Å². The molecule has 0 N–H and O–H groups in total. The third kappa shape index (κ3) is 3.13. The first kappa shape index (κ1) is 18.6. The molecule has 1 saturated heterocycles. The molecule has 0 radical (unpaired) electrons. The van der Waals surface area contributed by atoms with E-state index in [0.717, 1.165) is 22.3 Å². The fourth-order valence-electron chi connectivity index (χ4n) is 4.35. The summed E-state index contributed by atoms with van der Waals surface area (Å²) in [6, 6.07) is 13.6. The second-order valence-electron chi connectivity index (χ2n) is 7.62. The van der Waals surface area contributed by atoms with E-state index in [1.165, 1.54) is 0 Å². The summed E-state index contributed by atoms with van der Waals surface area (Å²) in [4.78, 5) is 26.0. The van der Waals surface area contributed by atoms with Gasteiger partial charge in [0.2, 0.25) is 0 Å². The Morgan fingerprint density at radius 2 is 2.03 bits per heavy atom. The lowest BCUT2D eigenvalue weighted by atomic mass is 9.82. The van der Waals surface area contributed by atoms with Crippen molar-refractivity contribution in [3.05, 3.63) is 70.3 Å². The summed E-state index contributed by atoms with van der Waals surface area (Å²) in [7, 11) is 0. The summed E-state index contributed by atoms with van der Waals surface area (Å²) >= 11 is 3.77. The van der Waals surface area contributed by atoms with Crippen LogP contribution in [-0.4, -0.2) is 34.9 Å². The summed E-state index contributed by atoms with van der Waals surface area (Å²) in [5.74, 6) is -0.268. The molecule has 5 rings (SSSR count). The number of piperidine rings is 1. The smallest absolute Gasteiger partial charge is 0.410 e. The van der Waals surface area contributed by atoms with Gasteiger partial charge in [-0.2, -0.15) is 0 Å². The number of carbonyl (C=O) groups excluding carboxylic acids is 2. The molecule has 3 aliphatic heterocycles. The molecule has 3 aliphatic rings. The molecular formula is C22H20BrNO5. The number of carbonyl (C=O) groups is 2. The zero-order valence-corrected chi connectivity index (χ0v) is 17.3. The standard InChI is InChI=1S/C22H20BrNO5/c23-19-10-24(21(26)28-11-14-4-2-1-3-5-14)7-6-22(19)18-9-15-12-27-20(25)17(15)8-16(18)13-29-22/h1-5,8-9,19H,6-7,10-13H2. The zero-order chi connectivity index (χ0) is 20.0. The Hall–Kier alpha value is -2.38. The first-order valence-electron chi connectivity index (χ1n) is 9.64. The molecule has 2 aromatic carbocycles. The van der Waals surface area contributed by atoms with E-state index in [1.54, 1.807) is 4.90 Å². The van der Waals surface area contributed by atoms with E-state index in [1.807, 2.05) is 42.5 Å². The van der Waals surface area contributed by atoms with Crippen molar-refractivity contribution in [1.82, 2.24) is 4.90 Å². The summed E-state index contributed by atoms with van der Waals surface area (Å²) in [5, 5.41) is 0. The molecule has 7 heteroatoms. The van der Waals surface area contributed by atoms with Crippen LogP contribution in [0.5, 0.6) is 0 Å². The van der Waals surface area contributed by atoms with E-state index in [9.17, 15) is 9.59 Å². The predicted octanol–water partition coefficient (Wildman–Crippen LogP) is 3.89. The van der Waals surface area contributed by atoms with Crippen molar-refractivity contribution < 1.29 is 23.8 Å². The number of amides is 1. The summed E-state index contributed by atoms with van der Waals surface area (Å²) in [6.45, 7) is 2.05. The number of alkyl halides is 1. The van der Waals surface area contributed by atoms with Crippen LogP contribution >= 0.6 is 15.9 Å². The molecule has 1 fully saturated rings. The van der Waals surface area contributed by atoms with Gasteiger partial charge in [0.25, 0.3) is 0 Å². The molecule has 2 atom stereocenters. The first-order chi connectivity index (χ1) is 14.1. The lowest BCUT2D eigenvalue weighted by Crippen LogP contribution is -2.52. The van der Waals surface area contributed by atoms with Gasteiger partial charge in [0.15, 0.2) is 0 Å². The van der Waals surface area contributed by atoms with Crippen molar-refractivity contribution >= 4 is 28.0 Å². The van der Waals surface area contributed by atoms with Gasteiger partial charge >= 0.3 is 12.1 Å². The molecule has 0 saturated carbocycles. The zero-order valence-electron chi connectivity index (χ0n) is 15.7. The average molecular weight is 458 g/mol. The predicted molar refractivity (Wildman–Crippen MR) is 108 cm³/mol. The van der Waals surface area contributed by atoms with Gasteiger partial charge in [-0.1, -0.05) is 46.3 Å². The van der Waals surface area contributed by atoms with E-state index >= 15 is 0 Å². The lowest BCUT2D eigenvalue weighted by molar-refractivity contribution is -0.0698. The van der Waals surface area contributed by atoms with Crippen LogP contribution in [-0.2, 0) is 39.6 Å². The van der Waals surface area contributed by atoms with E-state index in [2.05, 4.69) is 15.9 Å². The molecule has 3 heterocycles. The minimum atomic E-state index is -0.508. The minimum absolute atomic E-state index is 0.0784. The molecule has 0 aromatic heterocycles. The molecule has 0 bridgehead atoms. The Kier molecular flexibility index (Phi) is 4.59. The number of likely N-dealkylation sites (tertiary alicyclic amines) is 1. The van der Waals surface area contributed by atoms with Crippen molar-refractivity contribution in [3.8, 4) is 0 Å². The molecule has 1 amide bonds. The average Bonchev–Trinajstić information content (AvgIpc) is 3.29. The third-order valence-corrected chi connectivity index (χ3v) is 6.98. The number of esters is 1. The van der Waals surface area contributed by atoms with Crippen LogP contribution in [0.15, 0.2) is 42.5 Å². The van der Waals surface area contributed by atoms with Crippen LogP contribution in [0.1, 0.15) is 39.0 Å². The maximum atomic E-state index is 12.5. The second-order valence-corrected chi connectivity index (χ2v) is 8.73. The number of benzene rings is 2. The number of nitrogens with zero attached hydrogens (tertiary/aromatic N) is 1. The molecule has 6 nitrogen and oxygen atoms in total. The monoisotopic (exact) mass is 457 g/mol. The van der Waals surface area contributed by atoms with Gasteiger partial charge in [-0.15, -0.1) is 0 Å². The van der Waals surface area contributed by atoms with Crippen molar-refractivity contribution in [3.63, 3.8) is 0 Å². The summed E-state index contributed by atoms with van der Waals surface area (Å²) in [6.07, 6.45) is 0.337. The molecule has 29 heavy (non-hydrogen) atoms. The van der Waals surface area contributed by atoms with Gasteiger partial charge in [-0.3, -0.25) is 0 Å².